The van der Waals surface area contributed by atoms with E-state index < -0.39 is 28.0 Å². The topological polar surface area (TPSA) is 130 Å². The first-order chi connectivity index (χ1) is 13.4. The van der Waals surface area contributed by atoms with Crippen molar-refractivity contribution >= 4 is 28.6 Å². The SMILES string of the molecule is O=C1c2cc(O)cc(O)c2C(=O)c2c(Nc3ccccc3)cc([N+](=O)[O-])cc21. The lowest BCUT2D eigenvalue weighted by Gasteiger charge is -2.21. The number of fused-ring (bicyclic) bond motifs is 2. The summed E-state index contributed by atoms with van der Waals surface area (Å²) in [6.07, 6.45) is 0. The minimum Gasteiger partial charge on any atom is -0.508 e. The Morgan fingerprint density at radius 2 is 1.54 bits per heavy atom. The van der Waals surface area contributed by atoms with Gasteiger partial charge in [0.2, 0.25) is 0 Å². The predicted octanol–water partition coefficient (Wildman–Crippen LogP) is 3.53. The van der Waals surface area contributed by atoms with Crippen LogP contribution in [0, 0.1) is 10.1 Å². The average Bonchev–Trinajstić information content (AvgIpc) is 2.65. The van der Waals surface area contributed by atoms with Crippen LogP contribution in [-0.4, -0.2) is 26.7 Å². The number of phenolic OH excluding ortho intramolecular Hbond substituents is 2. The Kier molecular flexibility index (Phi) is 3.82. The molecule has 1 aliphatic rings. The molecule has 4 rings (SSSR count). The van der Waals surface area contributed by atoms with Gasteiger partial charge in [-0.15, -0.1) is 0 Å². The molecule has 8 nitrogen and oxygen atoms in total. The van der Waals surface area contributed by atoms with E-state index in [0.29, 0.717) is 5.69 Å². The largest absolute Gasteiger partial charge is 0.508 e. The number of nitro groups is 1. The van der Waals surface area contributed by atoms with Gasteiger partial charge in [-0.1, -0.05) is 18.2 Å². The summed E-state index contributed by atoms with van der Waals surface area (Å²) in [5.41, 5.74) is -0.436. The lowest BCUT2D eigenvalue weighted by Crippen LogP contribution is -2.22. The van der Waals surface area contributed by atoms with Crippen molar-refractivity contribution in [1.82, 2.24) is 0 Å². The van der Waals surface area contributed by atoms with E-state index in [1.54, 1.807) is 30.3 Å². The smallest absolute Gasteiger partial charge is 0.272 e. The van der Waals surface area contributed by atoms with Crippen molar-refractivity contribution in [2.75, 3.05) is 5.32 Å². The van der Waals surface area contributed by atoms with Crippen LogP contribution in [0.25, 0.3) is 0 Å². The minimum atomic E-state index is -0.699. The zero-order valence-electron chi connectivity index (χ0n) is 14.2. The molecule has 1 aliphatic carbocycles. The molecule has 3 aromatic carbocycles. The summed E-state index contributed by atoms with van der Waals surface area (Å²) in [6, 6.07) is 12.9. The number of ketones is 2. The number of rotatable bonds is 3. The molecule has 0 heterocycles. The van der Waals surface area contributed by atoms with E-state index >= 15 is 0 Å². The second-order valence-electron chi connectivity index (χ2n) is 6.21. The number of aromatic hydroxyl groups is 2. The van der Waals surface area contributed by atoms with Crippen molar-refractivity contribution in [3.63, 3.8) is 0 Å². The van der Waals surface area contributed by atoms with E-state index in [4.69, 9.17) is 0 Å². The first-order valence-electron chi connectivity index (χ1n) is 8.16. The number of hydrogen-bond donors (Lipinski definition) is 3. The standard InChI is InChI=1S/C20H12N2O6/c23-12-8-14-18(16(24)9-12)20(26)17-13(19(14)25)6-11(22(27)28)7-15(17)21-10-4-2-1-3-5-10/h1-9,21,23-24H. The Hall–Kier alpha value is -4.20. The van der Waals surface area contributed by atoms with Crippen LogP contribution in [0.2, 0.25) is 0 Å². The number of anilines is 2. The third kappa shape index (κ3) is 2.64. The summed E-state index contributed by atoms with van der Waals surface area (Å²) in [5, 5.41) is 34.0. The van der Waals surface area contributed by atoms with E-state index in [9.17, 15) is 29.9 Å². The maximum absolute atomic E-state index is 13.1. The third-order valence-electron chi connectivity index (χ3n) is 4.43. The van der Waals surface area contributed by atoms with Gasteiger partial charge in [0.05, 0.1) is 21.7 Å². The summed E-state index contributed by atoms with van der Waals surface area (Å²) in [6.45, 7) is 0. The van der Waals surface area contributed by atoms with E-state index in [1.165, 1.54) is 6.07 Å². The van der Waals surface area contributed by atoms with Gasteiger partial charge in [0, 0.05) is 35.0 Å². The van der Waals surface area contributed by atoms with Gasteiger partial charge >= 0.3 is 0 Å². The molecule has 8 heteroatoms. The number of nitrogens with zero attached hydrogens (tertiary/aromatic N) is 1. The number of para-hydroxylation sites is 1. The Labute approximate surface area is 157 Å². The summed E-state index contributed by atoms with van der Waals surface area (Å²) in [4.78, 5) is 36.7. The Morgan fingerprint density at radius 1 is 0.857 bits per heavy atom. The van der Waals surface area contributed by atoms with Gasteiger partial charge in [0.15, 0.2) is 11.6 Å². The average molecular weight is 376 g/mol. The van der Waals surface area contributed by atoms with Crippen LogP contribution in [0.15, 0.2) is 54.6 Å². The van der Waals surface area contributed by atoms with Gasteiger partial charge in [-0.3, -0.25) is 19.7 Å². The highest BCUT2D eigenvalue weighted by Crippen LogP contribution is 2.40. The Morgan fingerprint density at radius 3 is 2.21 bits per heavy atom. The summed E-state index contributed by atoms with van der Waals surface area (Å²) in [7, 11) is 0. The number of nitro benzene ring substituents is 1. The fourth-order valence-electron chi connectivity index (χ4n) is 3.23. The summed E-state index contributed by atoms with van der Waals surface area (Å²) in [5.74, 6) is -2.30. The van der Waals surface area contributed by atoms with Gasteiger partial charge in [0.25, 0.3) is 5.69 Å². The molecule has 0 radical (unpaired) electrons. The molecule has 138 valence electrons. The van der Waals surface area contributed by atoms with Crippen LogP contribution >= 0.6 is 0 Å². The molecule has 3 N–H and O–H groups in total. The number of hydrogen-bond acceptors (Lipinski definition) is 7. The third-order valence-corrected chi connectivity index (χ3v) is 4.43. The van der Waals surface area contributed by atoms with Crippen molar-refractivity contribution in [1.29, 1.82) is 0 Å². The van der Waals surface area contributed by atoms with Crippen molar-refractivity contribution < 1.29 is 24.7 Å². The van der Waals surface area contributed by atoms with Crippen molar-refractivity contribution in [2.45, 2.75) is 0 Å². The minimum absolute atomic E-state index is 0.0758. The highest BCUT2D eigenvalue weighted by molar-refractivity contribution is 6.31. The zero-order chi connectivity index (χ0) is 20.0. The van der Waals surface area contributed by atoms with Gasteiger partial charge in [-0.25, -0.2) is 0 Å². The molecule has 0 bridgehead atoms. The van der Waals surface area contributed by atoms with E-state index in [0.717, 1.165) is 18.2 Å². The van der Waals surface area contributed by atoms with E-state index in [-0.39, 0.29) is 33.6 Å². The number of benzene rings is 3. The quantitative estimate of drug-likeness (QED) is 0.368. The lowest BCUT2D eigenvalue weighted by molar-refractivity contribution is -0.384. The van der Waals surface area contributed by atoms with Crippen LogP contribution in [-0.2, 0) is 0 Å². The molecule has 0 saturated carbocycles. The maximum atomic E-state index is 13.1. The highest BCUT2D eigenvalue weighted by atomic mass is 16.6. The summed E-state index contributed by atoms with van der Waals surface area (Å²) < 4.78 is 0. The Balaban J connectivity index is 1.98. The van der Waals surface area contributed by atoms with Gasteiger partial charge in [-0.2, -0.15) is 0 Å². The van der Waals surface area contributed by atoms with Crippen molar-refractivity contribution in [3.05, 3.63) is 87.0 Å². The molecule has 0 amide bonds. The van der Waals surface area contributed by atoms with Gasteiger partial charge < -0.3 is 15.5 Å². The second kappa shape index (κ2) is 6.20. The van der Waals surface area contributed by atoms with Crippen LogP contribution in [0.3, 0.4) is 0 Å². The van der Waals surface area contributed by atoms with Crippen LogP contribution in [0.1, 0.15) is 31.8 Å². The number of phenols is 2. The molecule has 0 spiro atoms. The molecular formula is C20H12N2O6. The maximum Gasteiger partial charge on any atom is 0.272 e. The van der Waals surface area contributed by atoms with Crippen molar-refractivity contribution in [2.24, 2.45) is 0 Å². The van der Waals surface area contributed by atoms with E-state index in [1.807, 2.05) is 0 Å². The number of nitrogens with one attached hydrogen (secondary N) is 1. The molecule has 0 saturated heterocycles. The number of carbonyl (C=O) groups is 2. The fraction of sp³-hybridized carbons (Fsp3) is 0. The molecule has 0 aliphatic heterocycles. The molecule has 3 aromatic rings. The second-order valence-corrected chi connectivity index (χ2v) is 6.21. The first-order valence-corrected chi connectivity index (χ1v) is 8.16. The molecular weight excluding hydrogens is 364 g/mol. The normalized spacial score (nSPS) is 12.3. The van der Waals surface area contributed by atoms with Gasteiger partial charge in [0.1, 0.15) is 11.5 Å². The molecule has 0 atom stereocenters. The van der Waals surface area contributed by atoms with E-state index in [2.05, 4.69) is 5.32 Å². The van der Waals surface area contributed by atoms with Crippen LogP contribution < -0.4 is 5.32 Å². The van der Waals surface area contributed by atoms with Crippen LogP contribution in [0.5, 0.6) is 11.5 Å². The molecule has 28 heavy (non-hydrogen) atoms. The number of non-ortho nitro benzene ring substituents is 1. The fourth-order valence-corrected chi connectivity index (χ4v) is 3.23. The number of carbonyl (C=O) groups excluding carboxylic acids is 2. The van der Waals surface area contributed by atoms with Crippen molar-refractivity contribution in [3.8, 4) is 11.5 Å². The molecule has 0 unspecified atom stereocenters. The summed E-state index contributed by atoms with van der Waals surface area (Å²) >= 11 is 0. The predicted molar refractivity (Wildman–Crippen MR) is 99.5 cm³/mol. The lowest BCUT2D eigenvalue weighted by atomic mass is 9.82. The zero-order valence-corrected chi connectivity index (χ0v) is 14.2. The first kappa shape index (κ1) is 17.2. The van der Waals surface area contributed by atoms with Gasteiger partial charge in [-0.05, 0) is 18.2 Å². The highest BCUT2D eigenvalue weighted by Gasteiger charge is 2.36. The monoisotopic (exact) mass is 376 g/mol. The van der Waals surface area contributed by atoms with Crippen LogP contribution in [0.4, 0.5) is 17.1 Å². The molecule has 0 aromatic heterocycles. The molecule has 0 fully saturated rings. The Bertz CT molecular complexity index is 1170.